The Bertz CT molecular complexity index is 742. The van der Waals surface area contributed by atoms with Crippen LogP contribution in [0.1, 0.15) is 31.7 Å². The zero-order valence-corrected chi connectivity index (χ0v) is 16.1. The van der Waals surface area contributed by atoms with E-state index in [4.69, 9.17) is 9.47 Å². The number of ether oxygens (including phenoxy) is 2. The highest BCUT2D eigenvalue weighted by Crippen LogP contribution is 2.28. The Kier molecular flexibility index (Phi) is 8.23. The molecule has 0 saturated heterocycles. The van der Waals surface area contributed by atoms with Crippen LogP contribution in [-0.2, 0) is 11.3 Å². The molecule has 0 aliphatic rings. The Morgan fingerprint density at radius 3 is 2.52 bits per heavy atom. The van der Waals surface area contributed by atoms with E-state index in [2.05, 4.69) is 24.1 Å². The first-order chi connectivity index (χ1) is 13.2. The van der Waals surface area contributed by atoms with Gasteiger partial charge in [-0.25, -0.2) is 0 Å². The summed E-state index contributed by atoms with van der Waals surface area (Å²) in [5.41, 5.74) is 2.87. The Morgan fingerprint density at radius 1 is 1.11 bits per heavy atom. The summed E-state index contributed by atoms with van der Waals surface area (Å²) in [6.07, 6.45) is 4.18. The van der Waals surface area contributed by atoms with E-state index in [9.17, 15) is 4.79 Å². The van der Waals surface area contributed by atoms with Crippen molar-refractivity contribution in [3.8, 4) is 11.5 Å². The van der Waals surface area contributed by atoms with E-state index < -0.39 is 0 Å². The molecule has 2 aromatic rings. The summed E-state index contributed by atoms with van der Waals surface area (Å²) < 4.78 is 11.0. The maximum Gasteiger partial charge on any atom is 0.224 e. The minimum absolute atomic E-state index is 0.0587. The highest BCUT2D eigenvalue weighted by atomic mass is 16.5. The first-order valence-electron chi connectivity index (χ1n) is 9.20. The van der Waals surface area contributed by atoms with Gasteiger partial charge >= 0.3 is 0 Å². The second-order valence-corrected chi connectivity index (χ2v) is 6.17. The number of hydrogen-bond donors (Lipinski definition) is 2. The molecule has 0 saturated carbocycles. The zero-order chi connectivity index (χ0) is 19.5. The molecule has 2 rings (SSSR count). The number of amides is 1. The van der Waals surface area contributed by atoms with Crippen molar-refractivity contribution in [3.05, 3.63) is 60.7 Å². The Morgan fingerprint density at radius 2 is 1.85 bits per heavy atom. The monoisotopic (exact) mass is 368 g/mol. The van der Waals surface area contributed by atoms with E-state index in [1.165, 1.54) is 0 Å². The van der Waals surface area contributed by atoms with Crippen LogP contribution in [0.4, 0.5) is 11.4 Å². The SMILES string of the molecule is C=CCOc1ccc(CNc2ccc(NC(=O)CCCC)cc2)cc1OC. The van der Waals surface area contributed by atoms with E-state index in [1.807, 2.05) is 42.5 Å². The third-order valence-electron chi connectivity index (χ3n) is 4.01. The lowest BCUT2D eigenvalue weighted by Gasteiger charge is -2.12. The van der Waals surface area contributed by atoms with Crippen molar-refractivity contribution in [2.24, 2.45) is 0 Å². The molecule has 0 heterocycles. The highest BCUT2D eigenvalue weighted by molar-refractivity contribution is 5.90. The number of carbonyl (C=O) groups excluding carboxylic acids is 1. The van der Waals surface area contributed by atoms with Crippen LogP contribution >= 0.6 is 0 Å². The molecular weight excluding hydrogens is 340 g/mol. The summed E-state index contributed by atoms with van der Waals surface area (Å²) >= 11 is 0. The summed E-state index contributed by atoms with van der Waals surface area (Å²) in [6, 6.07) is 13.6. The average Bonchev–Trinajstić information content (AvgIpc) is 2.70. The number of carbonyl (C=O) groups is 1. The number of methoxy groups -OCH3 is 1. The molecule has 0 atom stereocenters. The summed E-state index contributed by atoms with van der Waals surface area (Å²) in [5, 5.41) is 6.28. The number of anilines is 2. The van der Waals surface area contributed by atoms with Crippen molar-refractivity contribution in [2.45, 2.75) is 32.7 Å². The smallest absolute Gasteiger partial charge is 0.224 e. The van der Waals surface area contributed by atoms with Crippen LogP contribution in [0, 0.1) is 0 Å². The summed E-state index contributed by atoms with van der Waals surface area (Å²) in [4.78, 5) is 11.8. The van der Waals surface area contributed by atoms with Gasteiger partial charge < -0.3 is 20.1 Å². The molecule has 0 spiro atoms. The third kappa shape index (κ3) is 6.70. The maximum absolute atomic E-state index is 11.8. The molecule has 1 amide bonds. The van der Waals surface area contributed by atoms with Crippen molar-refractivity contribution < 1.29 is 14.3 Å². The Hall–Kier alpha value is -2.95. The van der Waals surface area contributed by atoms with Crippen LogP contribution in [0.15, 0.2) is 55.1 Å². The molecule has 0 unspecified atom stereocenters. The lowest BCUT2D eigenvalue weighted by atomic mass is 10.2. The van der Waals surface area contributed by atoms with Crippen LogP contribution in [-0.4, -0.2) is 19.6 Å². The molecule has 0 aliphatic heterocycles. The number of rotatable bonds is 11. The third-order valence-corrected chi connectivity index (χ3v) is 4.01. The van der Waals surface area contributed by atoms with E-state index in [1.54, 1.807) is 13.2 Å². The predicted octanol–water partition coefficient (Wildman–Crippen LogP) is 5.00. The fourth-order valence-corrected chi connectivity index (χ4v) is 2.53. The summed E-state index contributed by atoms with van der Waals surface area (Å²) in [6.45, 7) is 6.82. The molecule has 2 aromatic carbocycles. The molecule has 5 heteroatoms. The Balaban J connectivity index is 1.90. The molecule has 27 heavy (non-hydrogen) atoms. The van der Waals surface area contributed by atoms with Gasteiger partial charge in [-0.05, 0) is 48.4 Å². The quantitative estimate of drug-likeness (QED) is 0.548. The largest absolute Gasteiger partial charge is 0.493 e. The van der Waals surface area contributed by atoms with Gasteiger partial charge in [0.05, 0.1) is 7.11 Å². The van der Waals surface area contributed by atoms with Gasteiger partial charge in [0.15, 0.2) is 11.5 Å². The van der Waals surface area contributed by atoms with E-state index >= 15 is 0 Å². The molecule has 0 bridgehead atoms. The first-order valence-corrected chi connectivity index (χ1v) is 9.20. The molecule has 0 aliphatic carbocycles. The van der Waals surface area contributed by atoms with Crippen molar-refractivity contribution in [2.75, 3.05) is 24.4 Å². The van der Waals surface area contributed by atoms with Crippen molar-refractivity contribution in [1.82, 2.24) is 0 Å². The topological polar surface area (TPSA) is 59.6 Å². The lowest BCUT2D eigenvalue weighted by Crippen LogP contribution is -2.10. The van der Waals surface area contributed by atoms with Crippen LogP contribution in [0.2, 0.25) is 0 Å². The zero-order valence-electron chi connectivity index (χ0n) is 16.1. The second-order valence-electron chi connectivity index (χ2n) is 6.17. The van der Waals surface area contributed by atoms with Crippen molar-refractivity contribution in [3.63, 3.8) is 0 Å². The number of nitrogens with one attached hydrogen (secondary N) is 2. The van der Waals surface area contributed by atoms with E-state index in [0.717, 1.165) is 29.8 Å². The van der Waals surface area contributed by atoms with Crippen LogP contribution in [0.25, 0.3) is 0 Å². The molecular formula is C22H28N2O3. The number of hydrogen-bond acceptors (Lipinski definition) is 4. The fourth-order valence-electron chi connectivity index (χ4n) is 2.53. The van der Waals surface area contributed by atoms with Gasteiger partial charge in [0.1, 0.15) is 6.61 Å². The molecule has 144 valence electrons. The van der Waals surface area contributed by atoms with Gasteiger partial charge in [0, 0.05) is 24.3 Å². The Labute approximate surface area is 161 Å². The predicted molar refractivity (Wildman–Crippen MR) is 111 cm³/mol. The molecule has 2 N–H and O–H groups in total. The molecule has 0 fully saturated rings. The lowest BCUT2D eigenvalue weighted by molar-refractivity contribution is -0.116. The van der Waals surface area contributed by atoms with Crippen molar-refractivity contribution in [1.29, 1.82) is 0 Å². The fraction of sp³-hybridized carbons (Fsp3) is 0.318. The van der Waals surface area contributed by atoms with E-state index in [-0.39, 0.29) is 5.91 Å². The summed E-state index contributed by atoms with van der Waals surface area (Å²) in [7, 11) is 1.63. The van der Waals surface area contributed by atoms with Gasteiger partial charge in [-0.1, -0.05) is 32.1 Å². The minimum Gasteiger partial charge on any atom is -0.493 e. The standard InChI is InChI=1S/C22H28N2O3/c1-4-6-7-22(25)24-19-11-9-18(10-12-19)23-16-17-8-13-20(27-14-5-2)21(15-17)26-3/h5,8-13,15,23H,2,4,6-7,14,16H2,1,3H3,(H,24,25). The second kappa shape index (κ2) is 10.9. The first kappa shape index (κ1) is 20.4. The van der Waals surface area contributed by atoms with E-state index in [0.29, 0.717) is 31.1 Å². The van der Waals surface area contributed by atoms with Crippen LogP contribution < -0.4 is 20.1 Å². The van der Waals surface area contributed by atoms with Gasteiger partial charge in [-0.3, -0.25) is 4.79 Å². The number of benzene rings is 2. The molecule has 0 aromatic heterocycles. The normalized spacial score (nSPS) is 10.1. The van der Waals surface area contributed by atoms with Crippen LogP contribution in [0.5, 0.6) is 11.5 Å². The average molecular weight is 368 g/mol. The number of unbranched alkanes of at least 4 members (excludes halogenated alkanes) is 1. The molecule has 5 nitrogen and oxygen atoms in total. The van der Waals surface area contributed by atoms with Gasteiger partial charge in [-0.2, -0.15) is 0 Å². The molecule has 0 radical (unpaired) electrons. The van der Waals surface area contributed by atoms with Gasteiger partial charge in [-0.15, -0.1) is 0 Å². The van der Waals surface area contributed by atoms with Crippen LogP contribution in [0.3, 0.4) is 0 Å². The minimum atomic E-state index is 0.0587. The van der Waals surface area contributed by atoms with Gasteiger partial charge in [0.25, 0.3) is 0 Å². The van der Waals surface area contributed by atoms with Crippen molar-refractivity contribution >= 4 is 17.3 Å². The van der Waals surface area contributed by atoms with Gasteiger partial charge in [0.2, 0.25) is 5.91 Å². The highest BCUT2D eigenvalue weighted by Gasteiger charge is 2.06. The summed E-state index contributed by atoms with van der Waals surface area (Å²) in [5.74, 6) is 1.45. The maximum atomic E-state index is 11.8.